The summed E-state index contributed by atoms with van der Waals surface area (Å²) in [6.07, 6.45) is 2.26. The first-order valence-electron chi connectivity index (χ1n) is 3.09. The molecule has 0 aromatic heterocycles. The average molecular weight is 275 g/mol. The Kier molecular flexibility index (Phi) is 2.57. The molecule has 0 aromatic carbocycles. The van der Waals surface area contributed by atoms with Crippen molar-refractivity contribution < 1.29 is 8.42 Å². The fourth-order valence-electron chi connectivity index (χ4n) is 0.989. The lowest BCUT2D eigenvalue weighted by Crippen LogP contribution is -2.27. The van der Waals surface area contributed by atoms with Gasteiger partial charge in [0.1, 0.15) is 0 Å². The predicted molar refractivity (Wildman–Crippen MR) is 48.8 cm³/mol. The topological polar surface area (TPSA) is 37.4 Å². The third kappa shape index (κ3) is 2.06. The summed E-state index contributed by atoms with van der Waals surface area (Å²) < 4.78 is 23.8. The molecule has 0 N–H and O–H groups in total. The molecule has 3 nitrogen and oxygen atoms in total. The summed E-state index contributed by atoms with van der Waals surface area (Å²) in [5.41, 5.74) is 0. The normalized spacial score (nSPS) is 29.2. The Labute approximate surface area is 75.0 Å². The molecule has 0 saturated carbocycles. The van der Waals surface area contributed by atoms with Gasteiger partial charge in [-0.3, -0.25) is 0 Å². The Balaban J connectivity index is 2.62. The molecule has 1 heterocycles. The minimum absolute atomic E-state index is 0.507. The first kappa shape index (κ1) is 8.73. The maximum absolute atomic E-state index is 10.9. The maximum Gasteiger partial charge on any atom is 0.211 e. The summed E-state index contributed by atoms with van der Waals surface area (Å²) in [6.45, 7) is 1.39. The molecule has 0 aromatic rings. The number of hydrogen-bond donors (Lipinski definition) is 0. The minimum atomic E-state index is -2.91. The molecule has 0 unspecified atom stereocenters. The van der Waals surface area contributed by atoms with Gasteiger partial charge in [-0.1, -0.05) is 22.6 Å². The Hall–Kier alpha value is 0.640. The summed E-state index contributed by atoms with van der Waals surface area (Å²) in [7, 11) is -2.91. The largest absolute Gasteiger partial charge is 0.213 e. The molecule has 1 fully saturated rings. The van der Waals surface area contributed by atoms with Crippen LogP contribution in [0.4, 0.5) is 0 Å². The first-order valence-corrected chi connectivity index (χ1v) is 6.19. The van der Waals surface area contributed by atoms with Gasteiger partial charge in [0.25, 0.3) is 0 Å². The van der Waals surface area contributed by atoms with Crippen LogP contribution in [0.1, 0.15) is 6.42 Å². The monoisotopic (exact) mass is 275 g/mol. The second-order valence-corrected chi connectivity index (χ2v) is 6.25. The zero-order valence-electron chi connectivity index (χ0n) is 5.75. The average Bonchev–Trinajstić information content (AvgIpc) is 2.11. The molecule has 1 rings (SSSR count). The summed E-state index contributed by atoms with van der Waals surface area (Å²) in [5, 5.41) is 0. The third-order valence-electron chi connectivity index (χ3n) is 1.56. The van der Waals surface area contributed by atoms with Crippen molar-refractivity contribution in [3.63, 3.8) is 0 Å². The first-order chi connectivity index (χ1) is 4.50. The minimum Gasteiger partial charge on any atom is -0.213 e. The van der Waals surface area contributed by atoms with E-state index >= 15 is 0 Å². The third-order valence-corrected chi connectivity index (χ3v) is 3.85. The van der Waals surface area contributed by atoms with Gasteiger partial charge in [-0.05, 0) is 6.42 Å². The molecule has 10 heavy (non-hydrogen) atoms. The summed E-state index contributed by atoms with van der Waals surface area (Å²) in [5.74, 6) is 0. The van der Waals surface area contributed by atoms with Crippen LogP contribution in [-0.2, 0) is 10.0 Å². The van der Waals surface area contributed by atoms with Gasteiger partial charge >= 0.3 is 0 Å². The van der Waals surface area contributed by atoms with Crippen LogP contribution in [0.2, 0.25) is 0 Å². The van der Waals surface area contributed by atoms with Crippen LogP contribution in [0.3, 0.4) is 0 Å². The van der Waals surface area contributed by atoms with E-state index in [4.69, 9.17) is 0 Å². The number of alkyl halides is 1. The Morgan fingerprint density at radius 3 is 2.40 bits per heavy atom. The lowest BCUT2D eigenvalue weighted by molar-refractivity contribution is 0.484. The SMILES string of the molecule is CS(=O)(=O)N1CC[C@H](I)C1. The predicted octanol–water partition coefficient (Wildman–Crippen LogP) is 0.455. The van der Waals surface area contributed by atoms with Crippen molar-refractivity contribution in [1.82, 2.24) is 4.31 Å². The summed E-state index contributed by atoms with van der Waals surface area (Å²) in [4.78, 5) is 0. The van der Waals surface area contributed by atoms with E-state index in [1.165, 1.54) is 10.6 Å². The van der Waals surface area contributed by atoms with Crippen LogP contribution in [0, 0.1) is 0 Å². The highest BCUT2D eigenvalue weighted by atomic mass is 127. The highest BCUT2D eigenvalue weighted by Gasteiger charge is 2.26. The Bertz CT molecular complexity index is 214. The molecule has 0 radical (unpaired) electrons. The van der Waals surface area contributed by atoms with Gasteiger partial charge in [-0.25, -0.2) is 12.7 Å². The van der Waals surface area contributed by atoms with Gasteiger partial charge in [-0.15, -0.1) is 0 Å². The molecule has 1 atom stereocenters. The molecule has 5 heteroatoms. The molecular weight excluding hydrogens is 265 g/mol. The van der Waals surface area contributed by atoms with E-state index in [-0.39, 0.29) is 0 Å². The zero-order valence-corrected chi connectivity index (χ0v) is 8.72. The fourth-order valence-corrected chi connectivity index (χ4v) is 2.90. The number of hydrogen-bond acceptors (Lipinski definition) is 2. The molecule has 0 spiro atoms. The quantitative estimate of drug-likeness (QED) is 0.515. The summed E-state index contributed by atoms with van der Waals surface area (Å²) >= 11 is 2.28. The lowest BCUT2D eigenvalue weighted by Gasteiger charge is -2.10. The van der Waals surface area contributed by atoms with E-state index in [1.807, 2.05) is 0 Å². The molecule has 60 valence electrons. The van der Waals surface area contributed by atoms with E-state index in [0.29, 0.717) is 17.0 Å². The van der Waals surface area contributed by atoms with Crippen LogP contribution < -0.4 is 0 Å². The van der Waals surface area contributed by atoms with Crippen molar-refractivity contribution in [1.29, 1.82) is 0 Å². The van der Waals surface area contributed by atoms with Crippen LogP contribution in [-0.4, -0.2) is 36.0 Å². The van der Waals surface area contributed by atoms with E-state index in [0.717, 1.165) is 6.42 Å². The van der Waals surface area contributed by atoms with Crippen LogP contribution in [0.5, 0.6) is 0 Å². The van der Waals surface area contributed by atoms with Gasteiger partial charge in [-0.2, -0.15) is 0 Å². The zero-order chi connectivity index (χ0) is 7.78. The van der Waals surface area contributed by atoms with Crippen LogP contribution >= 0.6 is 22.6 Å². The summed E-state index contributed by atoms with van der Waals surface area (Å²) in [6, 6.07) is 0. The van der Waals surface area contributed by atoms with E-state index in [2.05, 4.69) is 22.6 Å². The van der Waals surface area contributed by atoms with Crippen LogP contribution in [0.15, 0.2) is 0 Å². The molecule has 1 saturated heterocycles. The lowest BCUT2D eigenvalue weighted by atomic mass is 10.4. The van der Waals surface area contributed by atoms with Crippen molar-refractivity contribution in [3.8, 4) is 0 Å². The Morgan fingerprint density at radius 1 is 1.60 bits per heavy atom. The molecule has 0 aliphatic carbocycles. The number of sulfonamides is 1. The van der Waals surface area contributed by atoms with Gasteiger partial charge in [0.05, 0.1) is 6.26 Å². The van der Waals surface area contributed by atoms with E-state index in [1.54, 1.807) is 0 Å². The number of nitrogens with zero attached hydrogens (tertiary/aromatic N) is 1. The Morgan fingerprint density at radius 2 is 2.20 bits per heavy atom. The van der Waals surface area contributed by atoms with Crippen molar-refractivity contribution in [2.45, 2.75) is 10.3 Å². The van der Waals surface area contributed by atoms with Gasteiger partial charge in [0.15, 0.2) is 0 Å². The van der Waals surface area contributed by atoms with Crippen molar-refractivity contribution >= 4 is 32.6 Å². The second kappa shape index (κ2) is 2.94. The van der Waals surface area contributed by atoms with E-state index in [9.17, 15) is 8.42 Å². The van der Waals surface area contributed by atoms with Gasteiger partial charge in [0.2, 0.25) is 10.0 Å². The number of rotatable bonds is 1. The van der Waals surface area contributed by atoms with Crippen LogP contribution in [0.25, 0.3) is 0 Å². The molecule has 1 aliphatic rings. The number of halogens is 1. The van der Waals surface area contributed by atoms with Gasteiger partial charge in [0, 0.05) is 17.0 Å². The van der Waals surface area contributed by atoms with Crippen molar-refractivity contribution in [3.05, 3.63) is 0 Å². The molecule has 0 amide bonds. The molecular formula is C5H10INO2S. The highest BCUT2D eigenvalue weighted by Crippen LogP contribution is 2.18. The standard InChI is InChI=1S/C5H10INO2S/c1-10(8,9)7-3-2-5(6)4-7/h5H,2-4H2,1H3/t5-/m0/s1. The maximum atomic E-state index is 10.9. The highest BCUT2D eigenvalue weighted by molar-refractivity contribution is 14.1. The smallest absolute Gasteiger partial charge is 0.211 e. The van der Waals surface area contributed by atoms with Crippen molar-refractivity contribution in [2.24, 2.45) is 0 Å². The van der Waals surface area contributed by atoms with Gasteiger partial charge < -0.3 is 0 Å². The molecule has 1 aliphatic heterocycles. The van der Waals surface area contributed by atoms with Crippen molar-refractivity contribution in [2.75, 3.05) is 19.3 Å². The fraction of sp³-hybridized carbons (Fsp3) is 1.00. The van der Waals surface area contributed by atoms with E-state index < -0.39 is 10.0 Å². The second-order valence-electron chi connectivity index (χ2n) is 2.51. The molecule has 0 bridgehead atoms.